The molecule has 0 fully saturated rings. The van der Waals surface area contributed by atoms with Gasteiger partial charge in [-0.15, -0.1) is 0 Å². The molecular weight excluding hydrogens is 155 g/mol. The molecular formula is C7H21AlOSi. The van der Waals surface area contributed by atoms with Gasteiger partial charge in [-0.1, -0.05) is 26.7 Å². The molecule has 0 N–H and O–H groups in total. The molecule has 0 radical (unpaired) electrons. The van der Waals surface area contributed by atoms with Gasteiger partial charge in [-0.25, -0.2) is 0 Å². The van der Waals surface area contributed by atoms with Crippen LogP contribution in [0.15, 0.2) is 0 Å². The van der Waals surface area contributed by atoms with E-state index in [0.29, 0.717) is 0 Å². The first kappa shape index (κ1) is 13.3. The maximum atomic E-state index is 5.22. The quantitative estimate of drug-likeness (QED) is 0.586. The summed E-state index contributed by atoms with van der Waals surface area (Å²) < 4.78 is 5.22. The van der Waals surface area contributed by atoms with Gasteiger partial charge < -0.3 is 3.48 Å². The van der Waals surface area contributed by atoms with Gasteiger partial charge in [-0.3, -0.25) is 0 Å². The van der Waals surface area contributed by atoms with Gasteiger partial charge >= 0.3 is 16.6 Å². The van der Waals surface area contributed by atoms with Crippen molar-refractivity contribution in [3.05, 3.63) is 0 Å². The Hall–Kier alpha value is 0.709. The molecule has 0 aliphatic heterocycles. The van der Waals surface area contributed by atoms with E-state index in [1.807, 2.05) is 0 Å². The molecule has 0 unspecified atom stereocenters. The SMILES string of the molecule is CCCC.C[Si](C)(C)[O][AlH2]. The smallest absolute Gasteiger partial charge is 0.399 e. The van der Waals surface area contributed by atoms with Gasteiger partial charge in [0.15, 0.2) is 8.32 Å². The van der Waals surface area contributed by atoms with E-state index in [2.05, 4.69) is 33.5 Å². The average molecular weight is 176 g/mol. The largest absolute Gasteiger partial charge is 0.551 e. The lowest BCUT2D eigenvalue weighted by Crippen LogP contribution is -2.23. The Bertz CT molecular complexity index is 59.1. The zero-order valence-electron chi connectivity index (χ0n) is 8.32. The molecule has 0 atom stereocenters. The van der Waals surface area contributed by atoms with E-state index in [1.54, 1.807) is 0 Å². The molecule has 0 saturated carbocycles. The lowest BCUT2D eigenvalue weighted by atomic mass is 10.4. The third kappa shape index (κ3) is 23.3. The summed E-state index contributed by atoms with van der Waals surface area (Å²) in [4.78, 5) is 0. The second-order valence-corrected chi connectivity index (χ2v) is 9.17. The van der Waals surface area contributed by atoms with E-state index in [1.165, 1.54) is 12.8 Å². The molecule has 10 heavy (non-hydrogen) atoms. The normalized spacial score (nSPS) is 10.1. The summed E-state index contributed by atoms with van der Waals surface area (Å²) in [7, 11) is -1.07. The molecule has 0 aliphatic rings. The number of hydrogen-bond donors (Lipinski definition) is 0. The lowest BCUT2D eigenvalue weighted by Gasteiger charge is -2.13. The zero-order chi connectivity index (χ0) is 8.62. The van der Waals surface area contributed by atoms with Crippen LogP contribution in [0.1, 0.15) is 26.7 Å². The van der Waals surface area contributed by atoms with Crippen molar-refractivity contribution in [3.63, 3.8) is 0 Å². The molecule has 0 aliphatic carbocycles. The molecule has 0 aromatic rings. The molecule has 0 aromatic carbocycles. The highest BCUT2D eigenvalue weighted by Gasteiger charge is 2.07. The predicted molar refractivity (Wildman–Crippen MR) is 53.6 cm³/mol. The minimum atomic E-state index is -1.07. The molecule has 3 heteroatoms. The second-order valence-electron chi connectivity index (χ2n) is 3.32. The van der Waals surface area contributed by atoms with Crippen LogP contribution in [0, 0.1) is 0 Å². The van der Waals surface area contributed by atoms with Crippen LogP contribution in [-0.4, -0.2) is 24.9 Å². The summed E-state index contributed by atoms with van der Waals surface area (Å²) in [6, 6.07) is 0. The fourth-order valence-corrected chi connectivity index (χ4v) is 0. The van der Waals surface area contributed by atoms with E-state index in [4.69, 9.17) is 3.48 Å². The van der Waals surface area contributed by atoms with Crippen molar-refractivity contribution in [1.29, 1.82) is 0 Å². The first-order chi connectivity index (χ1) is 4.47. The van der Waals surface area contributed by atoms with Gasteiger partial charge in [0.25, 0.3) is 0 Å². The van der Waals surface area contributed by atoms with Crippen LogP contribution in [0.5, 0.6) is 0 Å². The number of hydrogen-bond acceptors (Lipinski definition) is 1. The first-order valence-corrected chi connectivity index (χ1v) is 8.25. The summed E-state index contributed by atoms with van der Waals surface area (Å²) in [6.45, 7) is 10.9. The van der Waals surface area contributed by atoms with Crippen LogP contribution >= 0.6 is 0 Å². The molecule has 0 spiro atoms. The molecule has 0 heterocycles. The average Bonchev–Trinajstić information content (AvgIpc) is 1.87. The van der Waals surface area contributed by atoms with Crippen molar-refractivity contribution >= 4 is 24.9 Å². The molecule has 0 amide bonds. The van der Waals surface area contributed by atoms with Crippen LogP contribution in [0.2, 0.25) is 19.6 Å². The van der Waals surface area contributed by atoms with Crippen molar-refractivity contribution in [1.82, 2.24) is 0 Å². The zero-order valence-corrected chi connectivity index (χ0v) is 11.3. The third-order valence-electron chi connectivity index (χ3n) is 1.11. The van der Waals surface area contributed by atoms with E-state index in [-0.39, 0.29) is 0 Å². The van der Waals surface area contributed by atoms with Gasteiger partial charge in [0.05, 0.1) is 0 Å². The Morgan fingerprint density at radius 1 is 1.10 bits per heavy atom. The van der Waals surface area contributed by atoms with Crippen LogP contribution in [-0.2, 0) is 3.48 Å². The lowest BCUT2D eigenvalue weighted by molar-refractivity contribution is 0.620. The van der Waals surface area contributed by atoms with Crippen molar-refractivity contribution in [3.8, 4) is 0 Å². The summed E-state index contributed by atoms with van der Waals surface area (Å²) in [5.74, 6) is 0. The molecule has 1 nitrogen and oxygen atoms in total. The second kappa shape index (κ2) is 7.81. The Balaban J connectivity index is 0. The monoisotopic (exact) mass is 176 g/mol. The number of rotatable bonds is 2. The van der Waals surface area contributed by atoms with Crippen LogP contribution in [0.3, 0.4) is 0 Å². The van der Waals surface area contributed by atoms with Gasteiger partial charge in [-0.05, 0) is 19.6 Å². The van der Waals surface area contributed by atoms with Crippen molar-refractivity contribution < 1.29 is 3.48 Å². The van der Waals surface area contributed by atoms with Crippen LogP contribution < -0.4 is 0 Å². The van der Waals surface area contributed by atoms with Gasteiger partial charge in [0, 0.05) is 0 Å². The Kier molecular flexibility index (Phi) is 10.4. The van der Waals surface area contributed by atoms with Crippen LogP contribution in [0.25, 0.3) is 0 Å². The minimum absolute atomic E-state index is 0.910. The fourth-order valence-electron chi connectivity index (χ4n) is 0. The number of unbranched alkanes of at least 4 members (excludes halogenated alkanes) is 1. The highest BCUT2D eigenvalue weighted by Crippen LogP contribution is 1.96. The predicted octanol–water partition coefficient (Wildman–Crippen LogP) is 2.19. The molecule has 0 bridgehead atoms. The fraction of sp³-hybridized carbons (Fsp3) is 1.00. The maximum absolute atomic E-state index is 5.22. The van der Waals surface area contributed by atoms with E-state index >= 15 is 0 Å². The topological polar surface area (TPSA) is 9.23 Å². The van der Waals surface area contributed by atoms with Gasteiger partial charge in [0.2, 0.25) is 0 Å². The highest BCUT2D eigenvalue weighted by molar-refractivity contribution is 6.72. The molecule has 0 aromatic heterocycles. The summed E-state index contributed by atoms with van der Waals surface area (Å²) in [6.07, 6.45) is 2.64. The summed E-state index contributed by atoms with van der Waals surface area (Å²) in [5.41, 5.74) is 0. The Morgan fingerprint density at radius 2 is 1.30 bits per heavy atom. The molecule has 0 rings (SSSR count). The molecule has 62 valence electrons. The van der Waals surface area contributed by atoms with Crippen molar-refractivity contribution in [2.24, 2.45) is 0 Å². The van der Waals surface area contributed by atoms with Crippen LogP contribution in [0.4, 0.5) is 0 Å². The van der Waals surface area contributed by atoms with E-state index in [9.17, 15) is 0 Å². The van der Waals surface area contributed by atoms with Crippen molar-refractivity contribution in [2.45, 2.75) is 46.3 Å². The Labute approximate surface area is 75.1 Å². The van der Waals surface area contributed by atoms with E-state index in [0.717, 1.165) is 16.6 Å². The van der Waals surface area contributed by atoms with Crippen molar-refractivity contribution in [2.75, 3.05) is 0 Å². The highest BCUT2D eigenvalue weighted by atomic mass is 28.4. The summed E-state index contributed by atoms with van der Waals surface area (Å²) in [5, 5.41) is 0. The van der Waals surface area contributed by atoms with E-state index < -0.39 is 8.32 Å². The van der Waals surface area contributed by atoms with Gasteiger partial charge in [-0.2, -0.15) is 0 Å². The maximum Gasteiger partial charge on any atom is 0.399 e. The Morgan fingerprint density at radius 3 is 1.30 bits per heavy atom. The van der Waals surface area contributed by atoms with Gasteiger partial charge in [0.1, 0.15) is 0 Å². The first-order valence-electron chi connectivity index (χ1n) is 4.03. The third-order valence-corrected chi connectivity index (χ3v) is 6.01. The standard InChI is InChI=1S/C4H10.C3H9OSi.Al.2H/c1-3-4-2;1-5(2,3)4;;;/h3-4H2,1-2H3;1-3H3;;;/q;-1;+1;;. The minimum Gasteiger partial charge on any atom is -0.551 e. The molecule has 0 saturated heterocycles. The summed E-state index contributed by atoms with van der Waals surface area (Å²) >= 11 is 0.910.